The molecule has 0 saturated carbocycles. The Labute approximate surface area is 110 Å². The van der Waals surface area contributed by atoms with Crippen molar-refractivity contribution in [1.29, 1.82) is 5.26 Å². The van der Waals surface area contributed by atoms with Crippen LogP contribution in [0.25, 0.3) is 0 Å². The van der Waals surface area contributed by atoms with E-state index in [1.807, 2.05) is 18.2 Å². The quantitative estimate of drug-likeness (QED) is 0.881. The molecule has 2 N–H and O–H groups in total. The van der Waals surface area contributed by atoms with Crippen molar-refractivity contribution in [3.05, 3.63) is 28.2 Å². The van der Waals surface area contributed by atoms with E-state index in [9.17, 15) is 0 Å². The second kappa shape index (κ2) is 5.52. The number of halogens is 1. The van der Waals surface area contributed by atoms with Gasteiger partial charge in [-0.2, -0.15) is 5.26 Å². The number of hydrogen-bond donors (Lipinski definition) is 2. The summed E-state index contributed by atoms with van der Waals surface area (Å²) < 4.78 is 0.939. The van der Waals surface area contributed by atoms with Crippen LogP contribution in [0.15, 0.2) is 22.7 Å². The molecule has 1 aromatic rings. The summed E-state index contributed by atoms with van der Waals surface area (Å²) in [6.07, 6.45) is 2.33. The molecule has 1 saturated heterocycles. The molecule has 0 radical (unpaired) electrons. The molecule has 1 heterocycles. The number of nitriles is 1. The lowest BCUT2D eigenvalue weighted by Crippen LogP contribution is -2.46. The van der Waals surface area contributed by atoms with Crippen LogP contribution in [0, 0.1) is 11.3 Å². The van der Waals surface area contributed by atoms with E-state index in [1.54, 1.807) is 0 Å². The van der Waals surface area contributed by atoms with Gasteiger partial charge in [-0.05, 0) is 44.5 Å². The highest BCUT2D eigenvalue weighted by molar-refractivity contribution is 9.10. The SMILES string of the molecule is CC1NCCCC1Nc1ccc(Br)cc1C#N. The first-order chi connectivity index (χ1) is 8.20. The second-order valence-corrected chi connectivity index (χ2v) is 5.35. The van der Waals surface area contributed by atoms with Gasteiger partial charge in [0.2, 0.25) is 0 Å². The molecular formula is C13H16BrN3. The van der Waals surface area contributed by atoms with Gasteiger partial charge in [0.05, 0.1) is 11.3 Å². The molecule has 1 aliphatic rings. The fourth-order valence-electron chi connectivity index (χ4n) is 2.18. The van der Waals surface area contributed by atoms with E-state index < -0.39 is 0 Å². The van der Waals surface area contributed by atoms with E-state index in [4.69, 9.17) is 5.26 Å². The summed E-state index contributed by atoms with van der Waals surface area (Å²) in [5.74, 6) is 0. The molecule has 0 aromatic heterocycles. The van der Waals surface area contributed by atoms with E-state index in [2.05, 4.69) is 39.6 Å². The fourth-order valence-corrected chi connectivity index (χ4v) is 2.54. The zero-order chi connectivity index (χ0) is 12.3. The normalized spacial score (nSPS) is 24.1. The summed E-state index contributed by atoms with van der Waals surface area (Å²) in [6.45, 7) is 3.27. The summed E-state index contributed by atoms with van der Waals surface area (Å²) in [6, 6.07) is 8.85. The summed E-state index contributed by atoms with van der Waals surface area (Å²) in [7, 11) is 0. The van der Waals surface area contributed by atoms with Crippen molar-refractivity contribution in [3.63, 3.8) is 0 Å². The van der Waals surface area contributed by atoms with Crippen molar-refractivity contribution in [2.75, 3.05) is 11.9 Å². The van der Waals surface area contributed by atoms with Crippen LogP contribution in [0.4, 0.5) is 5.69 Å². The van der Waals surface area contributed by atoms with Crippen LogP contribution in [0.2, 0.25) is 0 Å². The Bertz CT molecular complexity index is 439. The number of rotatable bonds is 2. The summed E-state index contributed by atoms with van der Waals surface area (Å²) in [4.78, 5) is 0. The number of anilines is 1. The van der Waals surface area contributed by atoms with Gasteiger partial charge in [0.25, 0.3) is 0 Å². The van der Waals surface area contributed by atoms with E-state index in [0.29, 0.717) is 17.6 Å². The van der Waals surface area contributed by atoms with Gasteiger partial charge in [-0.15, -0.1) is 0 Å². The Morgan fingerprint density at radius 3 is 3.06 bits per heavy atom. The van der Waals surface area contributed by atoms with E-state index >= 15 is 0 Å². The third-order valence-electron chi connectivity index (χ3n) is 3.20. The monoisotopic (exact) mass is 293 g/mol. The molecule has 3 nitrogen and oxygen atoms in total. The Hall–Kier alpha value is -1.05. The third kappa shape index (κ3) is 2.99. The average molecular weight is 294 g/mol. The van der Waals surface area contributed by atoms with Gasteiger partial charge in [0, 0.05) is 16.6 Å². The largest absolute Gasteiger partial charge is 0.380 e. The molecule has 0 bridgehead atoms. The molecule has 1 aliphatic heterocycles. The van der Waals surface area contributed by atoms with Crippen molar-refractivity contribution in [1.82, 2.24) is 5.32 Å². The molecule has 1 fully saturated rings. The molecular weight excluding hydrogens is 278 g/mol. The van der Waals surface area contributed by atoms with Crippen LogP contribution in [-0.4, -0.2) is 18.6 Å². The molecule has 2 unspecified atom stereocenters. The van der Waals surface area contributed by atoms with Crippen molar-refractivity contribution in [3.8, 4) is 6.07 Å². The summed E-state index contributed by atoms with van der Waals surface area (Å²) in [5, 5.41) is 16.0. The number of hydrogen-bond acceptors (Lipinski definition) is 3. The van der Waals surface area contributed by atoms with Crippen molar-refractivity contribution < 1.29 is 0 Å². The maximum absolute atomic E-state index is 9.11. The van der Waals surface area contributed by atoms with Crippen molar-refractivity contribution >= 4 is 21.6 Å². The number of piperidine rings is 1. The predicted octanol–water partition coefficient (Wildman–Crippen LogP) is 2.87. The molecule has 0 amide bonds. The van der Waals surface area contributed by atoms with Crippen molar-refractivity contribution in [2.24, 2.45) is 0 Å². The molecule has 1 aromatic carbocycles. The molecule has 2 atom stereocenters. The van der Waals surface area contributed by atoms with Crippen LogP contribution < -0.4 is 10.6 Å². The Balaban J connectivity index is 2.15. The zero-order valence-electron chi connectivity index (χ0n) is 9.83. The first kappa shape index (κ1) is 12.4. The van der Waals surface area contributed by atoms with Crippen LogP contribution in [-0.2, 0) is 0 Å². The zero-order valence-corrected chi connectivity index (χ0v) is 11.4. The number of nitrogens with one attached hydrogen (secondary N) is 2. The van der Waals surface area contributed by atoms with Gasteiger partial charge >= 0.3 is 0 Å². The van der Waals surface area contributed by atoms with Gasteiger partial charge in [-0.1, -0.05) is 15.9 Å². The maximum Gasteiger partial charge on any atom is 0.101 e. The van der Waals surface area contributed by atoms with E-state index in [1.165, 1.54) is 6.42 Å². The minimum atomic E-state index is 0.400. The molecule has 90 valence electrons. The third-order valence-corrected chi connectivity index (χ3v) is 3.70. The second-order valence-electron chi connectivity index (χ2n) is 4.44. The Morgan fingerprint density at radius 1 is 1.53 bits per heavy atom. The number of nitrogens with zero attached hydrogens (tertiary/aromatic N) is 1. The van der Waals surface area contributed by atoms with Gasteiger partial charge < -0.3 is 10.6 Å². The average Bonchev–Trinajstić information content (AvgIpc) is 2.34. The van der Waals surface area contributed by atoms with Crippen LogP contribution in [0.1, 0.15) is 25.3 Å². The van der Waals surface area contributed by atoms with Gasteiger partial charge in [-0.3, -0.25) is 0 Å². The summed E-state index contributed by atoms with van der Waals surface area (Å²) in [5.41, 5.74) is 1.62. The fraction of sp³-hybridized carbons (Fsp3) is 0.462. The predicted molar refractivity (Wildman–Crippen MR) is 73.0 cm³/mol. The van der Waals surface area contributed by atoms with Gasteiger partial charge in [0.1, 0.15) is 6.07 Å². The maximum atomic E-state index is 9.11. The standard InChI is InChI=1S/C13H16BrN3/c1-9-12(3-2-6-16-9)17-13-5-4-11(14)7-10(13)8-15/h4-5,7,9,12,16-17H,2-3,6H2,1H3. The van der Waals surface area contributed by atoms with Gasteiger partial charge in [-0.25, -0.2) is 0 Å². The van der Waals surface area contributed by atoms with Crippen LogP contribution in [0.3, 0.4) is 0 Å². The van der Waals surface area contributed by atoms with E-state index in [0.717, 1.165) is 23.1 Å². The lowest BCUT2D eigenvalue weighted by molar-refractivity contribution is 0.389. The van der Waals surface area contributed by atoms with Gasteiger partial charge in [0.15, 0.2) is 0 Å². The first-order valence-corrected chi connectivity index (χ1v) is 6.69. The molecule has 0 aliphatic carbocycles. The highest BCUT2D eigenvalue weighted by Crippen LogP contribution is 2.23. The minimum absolute atomic E-state index is 0.400. The summed E-state index contributed by atoms with van der Waals surface area (Å²) >= 11 is 3.38. The molecule has 17 heavy (non-hydrogen) atoms. The van der Waals surface area contributed by atoms with Crippen molar-refractivity contribution in [2.45, 2.75) is 31.8 Å². The van der Waals surface area contributed by atoms with Crippen LogP contribution in [0.5, 0.6) is 0 Å². The lowest BCUT2D eigenvalue weighted by atomic mass is 9.99. The number of benzene rings is 1. The Morgan fingerprint density at radius 2 is 2.35 bits per heavy atom. The highest BCUT2D eigenvalue weighted by atomic mass is 79.9. The minimum Gasteiger partial charge on any atom is -0.380 e. The Kier molecular flexibility index (Phi) is 4.03. The lowest BCUT2D eigenvalue weighted by Gasteiger charge is -2.31. The smallest absolute Gasteiger partial charge is 0.101 e. The van der Waals surface area contributed by atoms with Crippen LogP contribution >= 0.6 is 15.9 Å². The molecule has 2 rings (SSSR count). The molecule has 4 heteroatoms. The highest BCUT2D eigenvalue weighted by Gasteiger charge is 2.21. The molecule has 0 spiro atoms. The first-order valence-electron chi connectivity index (χ1n) is 5.90. The topological polar surface area (TPSA) is 47.8 Å². The van der Waals surface area contributed by atoms with E-state index in [-0.39, 0.29) is 0 Å².